The van der Waals surface area contributed by atoms with Crippen LogP contribution in [0.25, 0.3) is 0 Å². The lowest BCUT2D eigenvalue weighted by Gasteiger charge is -2.18. The van der Waals surface area contributed by atoms with Gasteiger partial charge in [-0.05, 0) is 25.7 Å². The van der Waals surface area contributed by atoms with E-state index in [0.29, 0.717) is 52.3 Å². The van der Waals surface area contributed by atoms with E-state index in [2.05, 4.69) is 13.0 Å². The molecule has 1 rings (SSSR count). The van der Waals surface area contributed by atoms with Crippen molar-refractivity contribution in [2.75, 3.05) is 39.6 Å². The average molecular weight is 297 g/mol. The fourth-order valence-electron chi connectivity index (χ4n) is 2.40. The summed E-state index contributed by atoms with van der Waals surface area (Å²) in [5.74, 6) is 0.0779. The van der Waals surface area contributed by atoms with Gasteiger partial charge < -0.3 is 14.2 Å². The zero-order valence-corrected chi connectivity index (χ0v) is 13.1. The number of hydrogen-bond donors (Lipinski definition) is 0. The normalized spacial score (nSPS) is 21.6. The van der Waals surface area contributed by atoms with Gasteiger partial charge in [-0.3, -0.25) is 4.79 Å². The fourth-order valence-corrected chi connectivity index (χ4v) is 2.40. The van der Waals surface area contributed by atoms with Crippen LogP contribution in [0.3, 0.4) is 0 Å². The van der Waals surface area contributed by atoms with Crippen molar-refractivity contribution in [1.82, 2.24) is 0 Å². The highest BCUT2D eigenvalue weighted by Gasteiger charge is 2.41. The summed E-state index contributed by atoms with van der Waals surface area (Å²) in [6.07, 6.45) is 4.77. The molecule has 1 atom stereocenters. The SMILES string of the molecule is CCCCOCCOCCOCCC1(C#N)CCCC1=O. The summed E-state index contributed by atoms with van der Waals surface area (Å²) >= 11 is 0. The largest absolute Gasteiger partial charge is 0.379 e. The maximum absolute atomic E-state index is 11.7. The molecule has 1 fully saturated rings. The van der Waals surface area contributed by atoms with E-state index in [1.165, 1.54) is 0 Å². The number of hydrogen-bond acceptors (Lipinski definition) is 5. The van der Waals surface area contributed by atoms with Gasteiger partial charge in [-0.25, -0.2) is 0 Å². The lowest BCUT2D eigenvalue weighted by molar-refractivity contribution is -0.124. The molecule has 0 aromatic rings. The Morgan fingerprint density at radius 2 is 1.71 bits per heavy atom. The Hall–Kier alpha value is -0.960. The second-order valence-electron chi connectivity index (χ2n) is 5.41. The standard InChI is InChI=1S/C16H27NO4/c1-2-3-8-19-10-12-21-13-11-20-9-7-16(14-17)6-4-5-15(16)18/h2-13H2,1H3. The molecule has 0 aromatic carbocycles. The number of nitriles is 1. The van der Waals surface area contributed by atoms with Crippen molar-refractivity contribution < 1.29 is 19.0 Å². The van der Waals surface area contributed by atoms with E-state index < -0.39 is 5.41 Å². The zero-order chi connectivity index (χ0) is 15.4. The van der Waals surface area contributed by atoms with Crippen molar-refractivity contribution in [3.63, 3.8) is 0 Å². The average Bonchev–Trinajstić information content (AvgIpc) is 2.86. The quantitative estimate of drug-likeness (QED) is 0.518. The second-order valence-corrected chi connectivity index (χ2v) is 5.41. The molecule has 0 N–H and O–H groups in total. The minimum absolute atomic E-state index is 0.0779. The van der Waals surface area contributed by atoms with Crippen LogP contribution in [0.4, 0.5) is 0 Å². The molecule has 120 valence electrons. The Morgan fingerprint density at radius 1 is 1.10 bits per heavy atom. The molecule has 0 aliphatic heterocycles. The minimum atomic E-state index is -0.784. The lowest BCUT2D eigenvalue weighted by atomic mass is 9.84. The van der Waals surface area contributed by atoms with Crippen LogP contribution in [0.15, 0.2) is 0 Å². The van der Waals surface area contributed by atoms with Gasteiger partial charge in [0.2, 0.25) is 0 Å². The van der Waals surface area contributed by atoms with E-state index in [9.17, 15) is 10.1 Å². The highest BCUT2D eigenvalue weighted by molar-refractivity contribution is 5.89. The monoisotopic (exact) mass is 297 g/mol. The van der Waals surface area contributed by atoms with E-state index in [0.717, 1.165) is 25.9 Å². The number of ether oxygens (including phenoxy) is 3. The minimum Gasteiger partial charge on any atom is -0.379 e. The molecule has 5 nitrogen and oxygen atoms in total. The number of Topliss-reactive ketones (excluding diaryl/α,β-unsaturated/α-hetero) is 1. The summed E-state index contributed by atoms with van der Waals surface area (Å²) in [4.78, 5) is 11.7. The molecular formula is C16H27NO4. The van der Waals surface area contributed by atoms with Crippen molar-refractivity contribution >= 4 is 5.78 Å². The van der Waals surface area contributed by atoms with Gasteiger partial charge in [-0.1, -0.05) is 13.3 Å². The number of unbranched alkanes of at least 4 members (excludes halogenated alkanes) is 1. The summed E-state index contributed by atoms with van der Waals surface area (Å²) < 4.78 is 16.2. The smallest absolute Gasteiger partial charge is 0.153 e. The van der Waals surface area contributed by atoms with Crippen LogP contribution in [0.1, 0.15) is 45.4 Å². The maximum atomic E-state index is 11.7. The van der Waals surface area contributed by atoms with Crippen LogP contribution >= 0.6 is 0 Å². The predicted molar refractivity (Wildman–Crippen MR) is 78.9 cm³/mol. The van der Waals surface area contributed by atoms with E-state index >= 15 is 0 Å². The van der Waals surface area contributed by atoms with Gasteiger partial charge >= 0.3 is 0 Å². The van der Waals surface area contributed by atoms with Crippen molar-refractivity contribution in [3.8, 4) is 6.07 Å². The van der Waals surface area contributed by atoms with Crippen molar-refractivity contribution in [2.24, 2.45) is 5.41 Å². The van der Waals surface area contributed by atoms with Crippen LogP contribution in [0.2, 0.25) is 0 Å². The topological polar surface area (TPSA) is 68.6 Å². The molecule has 21 heavy (non-hydrogen) atoms. The molecule has 0 spiro atoms. The van der Waals surface area contributed by atoms with E-state index in [4.69, 9.17) is 14.2 Å². The summed E-state index contributed by atoms with van der Waals surface area (Å²) in [7, 11) is 0. The Balaban J connectivity index is 1.93. The summed E-state index contributed by atoms with van der Waals surface area (Å²) in [6, 6.07) is 2.19. The molecule has 1 unspecified atom stereocenters. The Labute approximate surface area is 127 Å². The number of ketones is 1. The molecule has 1 saturated carbocycles. The molecule has 0 bridgehead atoms. The van der Waals surface area contributed by atoms with Crippen molar-refractivity contribution in [1.29, 1.82) is 5.26 Å². The number of nitrogens with zero attached hydrogens (tertiary/aromatic N) is 1. The van der Waals surface area contributed by atoms with Crippen molar-refractivity contribution in [2.45, 2.75) is 45.4 Å². The first-order valence-electron chi connectivity index (χ1n) is 7.93. The van der Waals surface area contributed by atoms with Gasteiger partial charge in [0.15, 0.2) is 5.78 Å². The molecule has 0 amide bonds. The van der Waals surface area contributed by atoms with Crippen LogP contribution < -0.4 is 0 Å². The molecule has 0 saturated heterocycles. The molecular weight excluding hydrogens is 270 g/mol. The van der Waals surface area contributed by atoms with Gasteiger partial charge in [0, 0.05) is 19.6 Å². The summed E-state index contributed by atoms with van der Waals surface area (Å²) in [5.41, 5.74) is -0.784. The summed E-state index contributed by atoms with van der Waals surface area (Å²) in [6.45, 7) is 5.57. The van der Waals surface area contributed by atoms with Gasteiger partial charge in [0.25, 0.3) is 0 Å². The first kappa shape index (κ1) is 18.1. The molecule has 1 aliphatic carbocycles. The van der Waals surface area contributed by atoms with E-state index in [-0.39, 0.29) is 5.78 Å². The highest BCUT2D eigenvalue weighted by Crippen LogP contribution is 2.37. The highest BCUT2D eigenvalue weighted by atomic mass is 16.5. The Morgan fingerprint density at radius 3 is 2.24 bits per heavy atom. The van der Waals surface area contributed by atoms with E-state index in [1.54, 1.807) is 0 Å². The Bertz CT molecular complexity index is 340. The predicted octanol–water partition coefficient (Wildman–Crippen LogP) is 2.49. The molecule has 0 heterocycles. The number of rotatable bonds is 12. The third-order valence-electron chi connectivity index (χ3n) is 3.81. The van der Waals surface area contributed by atoms with Crippen LogP contribution in [0, 0.1) is 16.7 Å². The molecule has 0 aromatic heterocycles. The summed E-state index contributed by atoms with van der Waals surface area (Å²) in [5, 5.41) is 9.18. The van der Waals surface area contributed by atoms with Crippen LogP contribution in [-0.4, -0.2) is 45.4 Å². The van der Waals surface area contributed by atoms with Crippen molar-refractivity contribution in [3.05, 3.63) is 0 Å². The first-order valence-corrected chi connectivity index (χ1v) is 7.93. The van der Waals surface area contributed by atoms with Gasteiger partial charge in [0.05, 0.1) is 32.5 Å². The second kappa shape index (κ2) is 10.7. The van der Waals surface area contributed by atoms with Gasteiger partial charge in [0.1, 0.15) is 5.41 Å². The van der Waals surface area contributed by atoms with E-state index in [1.807, 2.05) is 0 Å². The molecule has 5 heteroatoms. The Kier molecular flexibility index (Phi) is 9.24. The number of carbonyl (C=O) groups is 1. The number of carbonyl (C=O) groups excluding carboxylic acids is 1. The third kappa shape index (κ3) is 6.56. The zero-order valence-electron chi connectivity index (χ0n) is 13.1. The molecule has 0 radical (unpaired) electrons. The van der Waals surface area contributed by atoms with Gasteiger partial charge in [-0.2, -0.15) is 5.26 Å². The van der Waals surface area contributed by atoms with Crippen LogP contribution in [0.5, 0.6) is 0 Å². The fraction of sp³-hybridized carbons (Fsp3) is 0.875. The lowest BCUT2D eigenvalue weighted by Crippen LogP contribution is -2.25. The van der Waals surface area contributed by atoms with Crippen LogP contribution in [-0.2, 0) is 19.0 Å². The third-order valence-corrected chi connectivity index (χ3v) is 3.81. The first-order chi connectivity index (χ1) is 10.2. The maximum Gasteiger partial charge on any atom is 0.153 e. The van der Waals surface area contributed by atoms with Gasteiger partial charge in [-0.15, -0.1) is 0 Å². The molecule has 1 aliphatic rings.